The highest BCUT2D eigenvalue weighted by Crippen LogP contribution is 2.09. The number of nitrogens with two attached hydrogens (primary N) is 1. The zero-order chi connectivity index (χ0) is 9.26. The number of hydrogen-bond acceptors (Lipinski definition) is 4. The molecule has 0 radical (unpaired) electrons. The molecule has 2 N–H and O–H groups in total. The molecular weight excluding hydrogens is 166 g/mol. The molecule has 0 saturated carbocycles. The summed E-state index contributed by atoms with van der Waals surface area (Å²) in [5.41, 5.74) is 6.44. The second-order valence-electron chi connectivity index (χ2n) is 2.70. The highest BCUT2D eigenvalue weighted by molar-refractivity contribution is 5.35. The van der Waals surface area contributed by atoms with Crippen molar-refractivity contribution in [2.45, 2.75) is 6.92 Å². The molecule has 2 aromatic rings. The van der Waals surface area contributed by atoms with E-state index in [2.05, 4.69) is 15.0 Å². The summed E-state index contributed by atoms with van der Waals surface area (Å²) in [7, 11) is 0. The normalized spacial score (nSPS) is 10.2. The van der Waals surface area contributed by atoms with E-state index in [1.54, 1.807) is 23.3 Å². The Labute approximate surface area is 75.3 Å². The van der Waals surface area contributed by atoms with E-state index >= 15 is 0 Å². The number of aromatic nitrogens is 4. The van der Waals surface area contributed by atoms with Crippen molar-refractivity contribution in [2.75, 3.05) is 5.73 Å². The van der Waals surface area contributed by atoms with Gasteiger partial charge in [0.1, 0.15) is 12.1 Å². The van der Waals surface area contributed by atoms with Crippen LogP contribution in [0, 0.1) is 6.92 Å². The molecule has 0 fully saturated rings. The smallest absolute Gasteiger partial charge is 0.221 e. The highest BCUT2D eigenvalue weighted by Gasteiger charge is 2.02. The van der Waals surface area contributed by atoms with E-state index in [-0.39, 0.29) is 5.95 Å². The number of nitrogens with zero attached hydrogens (tertiary/aromatic N) is 4. The molecule has 2 aromatic heterocycles. The molecule has 0 saturated heterocycles. The summed E-state index contributed by atoms with van der Waals surface area (Å²) in [5.74, 6) is 1.04. The first-order valence-corrected chi connectivity index (χ1v) is 3.85. The van der Waals surface area contributed by atoms with E-state index < -0.39 is 0 Å². The van der Waals surface area contributed by atoms with E-state index in [1.807, 2.05) is 13.1 Å². The molecule has 0 aliphatic heterocycles. The predicted octanol–water partition coefficient (Wildman–Crippen LogP) is 0.553. The quantitative estimate of drug-likeness (QED) is 0.687. The second-order valence-corrected chi connectivity index (χ2v) is 2.70. The molecule has 13 heavy (non-hydrogen) atoms. The number of hydrogen-bond donors (Lipinski definition) is 1. The molecule has 0 aliphatic carbocycles. The van der Waals surface area contributed by atoms with Crippen LogP contribution in [-0.4, -0.2) is 19.5 Å². The Kier molecular flexibility index (Phi) is 1.70. The van der Waals surface area contributed by atoms with Gasteiger partial charge in [0.15, 0.2) is 0 Å². The summed E-state index contributed by atoms with van der Waals surface area (Å²) in [4.78, 5) is 11.9. The van der Waals surface area contributed by atoms with Crippen LogP contribution in [0.25, 0.3) is 5.82 Å². The molecule has 0 bridgehead atoms. The van der Waals surface area contributed by atoms with E-state index in [4.69, 9.17) is 5.73 Å². The Bertz CT molecular complexity index is 406. The van der Waals surface area contributed by atoms with Crippen LogP contribution in [0.3, 0.4) is 0 Å². The van der Waals surface area contributed by atoms with Crippen molar-refractivity contribution >= 4 is 5.95 Å². The van der Waals surface area contributed by atoms with Gasteiger partial charge in [-0.1, -0.05) is 0 Å². The number of nitrogen functional groups attached to an aromatic ring is 1. The average molecular weight is 175 g/mol. The van der Waals surface area contributed by atoms with Gasteiger partial charge in [0.2, 0.25) is 5.95 Å². The molecule has 0 atom stereocenters. The van der Waals surface area contributed by atoms with Crippen LogP contribution in [0.1, 0.15) is 5.56 Å². The summed E-state index contributed by atoms with van der Waals surface area (Å²) in [5, 5.41) is 0. The lowest BCUT2D eigenvalue weighted by Gasteiger charge is -2.04. The molecule has 2 heterocycles. The lowest BCUT2D eigenvalue weighted by molar-refractivity contribution is 0.957. The van der Waals surface area contributed by atoms with E-state index in [0.29, 0.717) is 0 Å². The third-order valence-corrected chi connectivity index (χ3v) is 1.71. The molecule has 0 aromatic carbocycles. The van der Waals surface area contributed by atoms with Crippen LogP contribution in [0.2, 0.25) is 0 Å². The van der Waals surface area contributed by atoms with E-state index in [1.165, 1.54) is 0 Å². The van der Waals surface area contributed by atoms with Crippen molar-refractivity contribution in [3.8, 4) is 5.82 Å². The molecule has 5 nitrogen and oxygen atoms in total. The molecule has 0 aliphatic rings. The van der Waals surface area contributed by atoms with Crippen molar-refractivity contribution in [1.82, 2.24) is 19.5 Å². The maximum atomic E-state index is 5.48. The van der Waals surface area contributed by atoms with Crippen LogP contribution >= 0.6 is 0 Å². The number of imidazole rings is 1. The molecule has 0 amide bonds. The Morgan fingerprint density at radius 3 is 3.00 bits per heavy atom. The van der Waals surface area contributed by atoms with Gasteiger partial charge in [-0.25, -0.2) is 9.97 Å². The minimum Gasteiger partial charge on any atom is -0.368 e. The average Bonchev–Trinajstić information content (AvgIpc) is 2.61. The van der Waals surface area contributed by atoms with Crippen molar-refractivity contribution in [3.63, 3.8) is 0 Å². The molecule has 5 heteroatoms. The maximum absolute atomic E-state index is 5.48. The predicted molar refractivity (Wildman–Crippen MR) is 48.3 cm³/mol. The summed E-state index contributed by atoms with van der Waals surface area (Å²) in [6.45, 7) is 1.93. The minimum atomic E-state index is 0.273. The number of anilines is 1. The van der Waals surface area contributed by atoms with Gasteiger partial charge in [-0.2, -0.15) is 4.98 Å². The van der Waals surface area contributed by atoms with Crippen molar-refractivity contribution in [3.05, 3.63) is 30.5 Å². The van der Waals surface area contributed by atoms with Crippen LogP contribution in [-0.2, 0) is 0 Å². The first-order chi connectivity index (χ1) is 6.27. The Morgan fingerprint density at radius 2 is 2.31 bits per heavy atom. The van der Waals surface area contributed by atoms with Gasteiger partial charge in [-0.15, -0.1) is 0 Å². The van der Waals surface area contributed by atoms with Gasteiger partial charge in [0, 0.05) is 24.2 Å². The molecule has 0 spiro atoms. The fraction of sp³-hybridized carbons (Fsp3) is 0.125. The molecule has 2 rings (SSSR count). The fourth-order valence-corrected chi connectivity index (χ4v) is 1.09. The van der Waals surface area contributed by atoms with Crippen molar-refractivity contribution in [1.29, 1.82) is 0 Å². The molecule has 0 unspecified atom stereocenters. The fourth-order valence-electron chi connectivity index (χ4n) is 1.09. The van der Waals surface area contributed by atoms with Crippen molar-refractivity contribution < 1.29 is 0 Å². The van der Waals surface area contributed by atoms with Crippen LogP contribution in [0.4, 0.5) is 5.95 Å². The topological polar surface area (TPSA) is 69.6 Å². The third kappa shape index (κ3) is 1.35. The zero-order valence-corrected chi connectivity index (χ0v) is 7.18. The van der Waals surface area contributed by atoms with Gasteiger partial charge >= 0.3 is 0 Å². The lowest BCUT2D eigenvalue weighted by Crippen LogP contribution is -2.03. The zero-order valence-electron chi connectivity index (χ0n) is 7.18. The van der Waals surface area contributed by atoms with Crippen LogP contribution in [0.15, 0.2) is 24.9 Å². The number of aryl methyl sites for hydroxylation is 1. The Morgan fingerprint density at radius 1 is 1.46 bits per heavy atom. The maximum Gasteiger partial charge on any atom is 0.221 e. The third-order valence-electron chi connectivity index (χ3n) is 1.71. The second kappa shape index (κ2) is 2.85. The van der Waals surface area contributed by atoms with Gasteiger partial charge in [0.05, 0.1) is 0 Å². The minimum absolute atomic E-state index is 0.273. The van der Waals surface area contributed by atoms with Gasteiger partial charge in [-0.3, -0.25) is 4.57 Å². The monoisotopic (exact) mass is 175 g/mol. The van der Waals surface area contributed by atoms with E-state index in [9.17, 15) is 0 Å². The van der Waals surface area contributed by atoms with Gasteiger partial charge < -0.3 is 5.73 Å². The van der Waals surface area contributed by atoms with Crippen LogP contribution in [0.5, 0.6) is 0 Å². The standard InChI is InChI=1S/C8H9N5/c1-6-4-11-8(9)12-7(6)13-3-2-10-5-13/h2-5H,1H3,(H2,9,11,12). The summed E-state index contributed by atoms with van der Waals surface area (Å²) < 4.78 is 1.80. The van der Waals surface area contributed by atoms with Gasteiger partial charge in [-0.05, 0) is 6.92 Å². The van der Waals surface area contributed by atoms with Gasteiger partial charge in [0.25, 0.3) is 0 Å². The number of rotatable bonds is 1. The first-order valence-electron chi connectivity index (χ1n) is 3.85. The highest BCUT2D eigenvalue weighted by atomic mass is 15.1. The summed E-state index contributed by atoms with van der Waals surface area (Å²) in [6.07, 6.45) is 6.87. The first kappa shape index (κ1) is 7.72. The largest absolute Gasteiger partial charge is 0.368 e. The van der Waals surface area contributed by atoms with Crippen molar-refractivity contribution in [2.24, 2.45) is 0 Å². The molecule has 66 valence electrons. The Hall–Kier alpha value is -1.91. The summed E-state index contributed by atoms with van der Waals surface area (Å²) >= 11 is 0. The Balaban J connectivity index is 2.57. The van der Waals surface area contributed by atoms with Crippen LogP contribution < -0.4 is 5.73 Å². The summed E-state index contributed by atoms with van der Waals surface area (Å²) in [6, 6.07) is 0. The lowest BCUT2D eigenvalue weighted by atomic mass is 10.3. The SMILES string of the molecule is Cc1cnc(N)nc1-n1ccnc1. The van der Waals surface area contributed by atoms with E-state index in [0.717, 1.165) is 11.4 Å². The molecular formula is C8H9N5.